The zero-order valence-corrected chi connectivity index (χ0v) is 7.90. The van der Waals surface area contributed by atoms with E-state index in [4.69, 9.17) is 15.2 Å². The second kappa shape index (κ2) is 3.86. The lowest BCUT2D eigenvalue weighted by Gasteiger charge is -2.25. The van der Waals surface area contributed by atoms with Crippen LogP contribution in [0.15, 0.2) is 18.2 Å². The minimum absolute atomic E-state index is 0.0573. The van der Waals surface area contributed by atoms with Crippen molar-refractivity contribution in [1.29, 1.82) is 0 Å². The van der Waals surface area contributed by atoms with Gasteiger partial charge in [-0.15, -0.1) is 0 Å². The molecule has 1 aromatic rings. The molecule has 0 aromatic heterocycles. The van der Waals surface area contributed by atoms with Crippen LogP contribution in [0, 0.1) is 5.82 Å². The molecule has 0 unspecified atom stereocenters. The van der Waals surface area contributed by atoms with Crippen molar-refractivity contribution in [3.05, 3.63) is 29.6 Å². The smallest absolute Gasteiger partial charge is 0.340 e. The van der Waals surface area contributed by atoms with Gasteiger partial charge in [-0.2, -0.15) is 0 Å². The Morgan fingerprint density at radius 1 is 1.53 bits per heavy atom. The zero-order chi connectivity index (χ0) is 10.8. The van der Waals surface area contributed by atoms with Crippen LogP contribution in [0.5, 0.6) is 0 Å². The average molecular weight is 211 g/mol. The van der Waals surface area contributed by atoms with Crippen LogP contribution in [0.3, 0.4) is 0 Å². The lowest BCUT2D eigenvalue weighted by atomic mass is 10.1. The number of carbonyl (C=O) groups excluding carboxylic acids is 1. The van der Waals surface area contributed by atoms with Crippen LogP contribution < -0.4 is 5.73 Å². The fourth-order valence-corrected chi connectivity index (χ4v) is 1.21. The van der Waals surface area contributed by atoms with Crippen molar-refractivity contribution in [2.24, 2.45) is 0 Å². The topological polar surface area (TPSA) is 61.6 Å². The van der Waals surface area contributed by atoms with Crippen molar-refractivity contribution in [2.75, 3.05) is 18.9 Å². The first kappa shape index (κ1) is 9.92. The Labute approximate surface area is 85.8 Å². The summed E-state index contributed by atoms with van der Waals surface area (Å²) in [6.45, 7) is 0.780. The molecule has 2 N–H and O–H groups in total. The number of para-hydroxylation sites is 1. The van der Waals surface area contributed by atoms with E-state index in [9.17, 15) is 9.18 Å². The molecule has 1 aliphatic heterocycles. The van der Waals surface area contributed by atoms with E-state index in [0.717, 1.165) is 0 Å². The van der Waals surface area contributed by atoms with Crippen LogP contribution >= 0.6 is 0 Å². The van der Waals surface area contributed by atoms with Crippen LogP contribution in [-0.4, -0.2) is 25.3 Å². The summed E-state index contributed by atoms with van der Waals surface area (Å²) in [6, 6.07) is 4.04. The number of ether oxygens (including phenoxy) is 2. The number of nitrogens with two attached hydrogens (primary N) is 1. The largest absolute Gasteiger partial charge is 0.454 e. The van der Waals surface area contributed by atoms with E-state index in [1.54, 1.807) is 0 Å². The summed E-state index contributed by atoms with van der Waals surface area (Å²) in [7, 11) is 0. The Balaban J connectivity index is 2.13. The van der Waals surface area contributed by atoms with Gasteiger partial charge >= 0.3 is 5.97 Å². The number of hydrogen-bond donors (Lipinski definition) is 1. The summed E-state index contributed by atoms with van der Waals surface area (Å²) in [5.41, 5.74) is 5.29. The van der Waals surface area contributed by atoms with Gasteiger partial charge in [0.1, 0.15) is 11.9 Å². The first-order chi connectivity index (χ1) is 7.18. The third kappa shape index (κ3) is 1.92. The Hall–Kier alpha value is -1.62. The normalized spacial score (nSPS) is 15.8. The first-order valence-electron chi connectivity index (χ1n) is 4.51. The highest BCUT2D eigenvalue weighted by molar-refractivity contribution is 5.95. The van der Waals surface area contributed by atoms with Gasteiger partial charge in [0.2, 0.25) is 0 Å². The van der Waals surface area contributed by atoms with Crippen molar-refractivity contribution in [3.63, 3.8) is 0 Å². The molecule has 0 saturated carbocycles. The van der Waals surface area contributed by atoms with E-state index in [0.29, 0.717) is 13.2 Å². The number of anilines is 1. The predicted octanol–water partition coefficient (Wildman–Crippen LogP) is 0.964. The van der Waals surface area contributed by atoms with E-state index in [1.165, 1.54) is 18.2 Å². The van der Waals surface area contributed by atoms with Crippen molar-refractivity contribution < 1.29 is 18.7 Å². The van der Waals surface area contributed by atoms with Crippen LogP contribution in [0.25, 0.3) is 0 Å². The van der Waals surface area contributed by atoms with Crippen LogP contribution in [0.4, 0.5) is 10.1 Å². The second-order valence-electron chi connectivity index (χ2n) is 3.27. The van der Waals surface area contributed by atoms with Crippen molar-refractivity contribution >= 4 is 11.7 Å². The molecule has 0 amide bonds. The Bertz CT molecular complexity index is 390. The number of nitrogen functional groups attached to an aromatic ring is 1. The molecule has 0 atom stereocenters. The number of carbonyl (C=O) groups is 1. The van der Waals surface area contributed by atoms with Gasteiger partial charge in [-0.25, -0.2) is 9.18 Å². The maximum absolute atomic E-state index is 13.0. The maximum atomic E-state index is 13.0. The predicted molar refractivity (Wildman–Crippen MR) is 50.8 cm³/mol. The molecule has 1 aromatic carbocycles. The first-order valence-corrected chi connectivity index (χ1v) is 4.51. The fraction of sp³-hybridized carbons (Fsp3) is 0.300. The molecule has 1 saturated heterocycles. The van der Waals surface area contributed by atoms with Gasteiger partial charge in [-0.05, 0) is 12.1 Å². The molecular weight excluding hydrogens is 201 g/mol. The van der Waals surface area contributed by atoms with E-state index in [2.05, 4.69) is 0 Å². The number of hydrogen-bond acceptors (Lipinski definition) is 4. The molecule has 1 heterocycles. The minimum Gasteiger partial charge on any atom is -0.454 e. The molecule has 0 bridgehead atoms. The molecule has 1 fully saturated rings. The van der Waals surface area contributed by atoms with Gasteiger partial charge in [0.05, 0.1) is 24.5 Å². The molecule has 1 aliphatic rings. The van der Waals surface area contributed by atoms with Crippen LogP contribution in [0.2, 0.25) is 0 Å². The van der Waals surface area contributed by atoms with Gasteiger partial charge < -0.3 is 15.2 Å². The summed E-state index contributed by atoms with van der Waals surface area (Å²) >= 11 is 0. The third-order valence-electron chi connectivity index (χ3n) is 2.15. The SMILES string of the molecule is Nc1c(F)cccc1C(=O)OC1COC1. The molecule has 4 nitrogen and oxygen atoms in total. The van der Waals surface area contributed by atoms with Gasteiger partial charge in [0.15, 0.2) is 0 Å². The summed E-state index contributed by atoms with van der Waals surface area (Å²) < 4.78 is 22.9. The monoisotopic (exact) mass is 211 g/mol. The Kier molecular flexibility index (Phi) is 2.55. The standard InChI is InChI=1S/C10H10FNO3/c11-8-3-1-2-7(9(8)12)10(13)15-6-4-14-5-6/h1-3,6H,4-5,12H2. The minimum atomic E-state index is -0.616. The van der Waals surface area contributed by atoms with Crippen molar-refractivity contribution in [3.8, 4) is 0 Å². The molecule has 80 valence electrons. The summed E-state index contributed by atoms with van der Waals surface area (Å²) in [5.74, 6) is -1.23. The Morgan fingerprint density at radius 2 is 2.27 bits per heavy atom. The Morgan fingerprint density at radius 3 is 2.87 bits per heavy atom. The van der Waals surface area contributed by atoms with Crippen molar-refractivity contribution in [2.45, 2.75) is 6.10 Å². The van der Waals surface area contributed by atoms with E-state index in [-0.39, 0.29) is 17.4 Å². The van der Waals surface area contributed by atoms with Gasteiger partial charge in [-0.3, -0.25) is 0 Å². The number of halogens is 1. The molecule has 5 heteroatoms. The molecule has 2 rings (SSSR count). The van der Waals surface area contributed by atoms with Gasteiger partial charge in [0.25, 0.3) is 0 Å². The lowest BCUT2D eigenvalue weighted by molar-refractivity contribution is -0.103. The third-order valence-corrected chi connectivity index (χ3v) is 2.15. The second-order valence-corrected chi connectivity index (χ2v) is 3.27. The summed E-state index contributed by atoms with van der Waals surface area (Å²) in [5, 5.41) is 0. The number of esters is 1. The highest BCUT2D eigenvalue weighted by Crippen LogP contribution is 2.18. The average Bonchev–Trinajstić information content (AvgIpc) is 2.15. The van der Waals surface area contributed by atoms with Gasteiger partial charge in [-0.1, -0.05) is 6.07 Å². The number of benzene rings is 1. The zero-order valence-electron chi connectivity index (χ0n) is 7.90. The van der Waals surface area contributed by atoms with Crippen LogP contribution in [-0.2, 0) is 9.47 Å². The quantitative estimate of drug-likeness (QED) is 0.584. The van der Waals surface area contributed by atoms with E-state index in [1.807, 2.05) is 0 Å². The molecular formula is C10H10FNO3. The molecule has 15 heavy (non-hydrogen) atoms. The number of rotatable bonds is 2. The van der Waals surface area contributed by atoms with Gasteiger partial charge in [0, 0.05) is 0 Å². The molecule has 0 radical (unpaired) electrons. The summed E-state index contributed by atoms with van der Waals surface area (Å²) in [6.07, 6.45) is -0.236. The van der Waals surface area contributed by atoms with E-state index < -0.39 is 11.8 Å². The van der Waals surface area contributed by atoms with Crippen LogP contribution in [0.1, 0.15) is 10.4 Å². The lowest BCUT2D eigenvalue weighted by Crippen LogP contribution is -2.37. The van der Waals surface area contributed by atoms with E-state index >= 15 is 0 Å². The highest BCUT2D eigenvalue weighted by Gasteiger charge is 2.24. The molecule has 0 aliphatic carbocycles. The van der Waals surface area contributed by atoms with Crippen molar-refractivity contribution in [1.82, 2.24) is 0 Å². The maximum Gasteiger partial charge on any atom is 0.340 e. The summed E-state index contributed by atoms with van der Waals surface area (Å²) in [4.78, 5) is 11.5. The molecule has 0 spiro atoms. The fourth-order valence-electron chi connectivity index (χ4n) is 1.21. The highest BCUT2D eigenvalue weighted by atomic mass is 19.1.